The molecule has 0 aliphatic carbocycles. The first-order valence-corrected chi connectivity index (χ1v) is 5.80. The smallest absolute Gasteiger partial charge is 0.0648 e. The van der Waals surface area contributed by atoms with Crippen LogP contribution in [0.4, 0.5) is 0 Å². The molecule has 1 aromatic heterocycles. The van der Waals surface area contributed by atoms with Crippen LogP contribution in [-0.2, 0) is 5.54 Å². The molecule has 0 atom stereocenters. The highest BCUT2D eigenvalue weighted by atomic mass is 15.3. The predicted molar refractivity (Wildman–Crippen MR) is 70.3 cm³/mol. The Morgan fingerprint density at radius 2 is 1.71 bits per heavy atom. The number of nitrogens with two attached hydrogens (primary N) is 1. The van der Waals surface area contributed by atoms with Crippen LogP contribution in [0.2, 0.25) is 0 Å². The van der Waals surface area contributed by atoms with Crippen LogP contribution in [0.15, 0.2) is 30.5 Å². The summed E-state index contributed by atoms with van der Waals surface area (Å²) in [5.41, 5.74) is 10.3. The van der Waals surface area contributed by atoms with E-state index < -0.39 is 0 Å². The molecule has 3 nitrogen and oxygen atoms in total. The minimum Gasteiger partial charge on any atom is -0.322 e. The fraction of sp³-hybridized carbons (Fsp3) is 0.357. The molecule has 0 fully saturated rings. The van der Waals surface area contributed by atoms with Crippen molar-refractivity contribution in [3.05, 3.63) is 47.3 Å². The van der Waals surface area contributed by atoms with Gasteiger partial charge in [0.1, 0.15) is 0 Å². The molecule has 1 heterocycles. The van der Waals surface area contributed by atoms with E-state index in [9.17, 15) is 0 Å². The number of benzene rings is 1. The SMILES string of the molecule is Cc1ccc(-n2ncc(C(C)(C)N)c2C)cc1. The number of nitrogens with zero attached hydrogens (tertiary/aromatic N) is 2. The highest BCUT2D eigenvalue weighted by Gasteiger charge is 2.20. The van der Waals surface area contributed by atoms with E-state index >= 15 is 0 Å². The van der Waals surface area contributed by atoms with Crippen LogP contribution in [0.1, 0.15) is 30.7 Å². The summed E-state index contributed by atoms with van der Waals surface area (Å²) < 4.78 is 1.93. The van der Waals surface area contributed by atoms with Crippen LogP contribution >= 0.6 is 0 Å². The lowest BCUT2D eigenvalue weighted by Gasteiger charge is -2.18. The Balaban J connectivity index is 2.48. The van der Waals surface area contributed by atoms with E-state index in [0.29, 0.717) is 0 Å². The summed E-state index contributed by atoms with van der Waals surface area (Å²) in [7, 11) is 0. The molecule has 2 rings (SSSR count). The van der Waals surface area contributed by atoms with Gasteiger partial charge in [0.2, 0.25) is 0 Å². The van der Waals surface area contributed by atoms with Gasteiger partial charge in [0.05, 0.1) is 11.9 Å². The van der Waals surface area contributed by atoms with Crippen molar-refractivity contribution in [2.45, 2.75) is 33.2 Å². The molecule has 0 amide bonds. The molecule has 3 heteroatoms. The number of hydrogen-bond donors (Lipinski definition) is 1. The minimum atomic E-state index is -0.354. The molecule has 0 aliphatic heterocycles. The largest absolute Gasteiger partial charge is 0.322 e. The van der Waals surface area contributed by atoms with Gasteiger partial charge >= 0.3 is 0 Å². The summed E-state index contributed by atoms with van der Waals surface area (Å²) >= 11 is 0. The van der Waals surface area contributed by atoms with Crippen molar-refractivity contribution >= 4 is 0 Å². The molecule has 0 spiro atoms. The highest BCUT2D eigenvalue weighted by Crippen LogP contribution is 2.22. The van der Waals surface area contributed by atoms with Gasteiger partial charge in [-0.15, -0.1) is 0 Å². The van der Waals surface area contributed by atoms with Crippen molar-refractivity contribution in [1.29, 1.82) is 0 Å². The molecule has 0 bridgehead atoms. The summed E-state index contributed by atoms with van der Waals surface area (Å²) in [5, 5.41) is 4.42. The molecular weight excluding hydrogens is 210 g/mol. The number of rotatable bonds is 2. The van der Waals surface area contributed by atoms with Crippen molar-refractivity contribution < 1.29 is 0 Å². The van der Waals surface area contributed by atoms with Crippen molar-refractivity contribution in [2.24, 2.45) is 5.73 Å². The molecule has 0 unspecified atom stereocenters. The third-order valence-electron chi connectivity index (χ3n) is 2.98. The normalized spacial score (nSPS) is 11.8. The van der Waals surface area contributed by atoms with Crippen LogP contribution in [0.3, 0.4) is 0 Å². The van der Waals surface area contributed by atoms with Crippen LogP contribution < -0.4 is 5.73 Å². The van der Waals surface area contributed by atoms with E-state index in [1.54, 1.807) is 0 Å². The number of aromatic nitrogens is 2. The first-order valence-electron chi connectivity index (χ1n) is 5.80. The van der Waals surface area contributed by atoms with Gasteiger partial charge in [-0.1, -0.05) is 17.7 Å². The zero-order chi connectivity index (χ0) is 12.6. The lowest BCUT2D eigenvalue weighted by molar-refractivity contribution is 0.550. The second-order valence-electron chi connectivity index (χ2n) is 5.11. The van der Waals surface area contributed by atoms with Gasteiger partial charge in [0.15, 0.2) is 0 Å². The second-order valence-corrected chi connectivity index (χ2v) is 5.11. The van der Waals surface area contributed by atoms with Crippen LogP contribution in [-0.4, -0.2) is 9.78 Å². The molecule has 17 heavy (non-hydrogen) atoms. The van der Waals surface area contributed by atoms with Gasteiger partial charge in [-0.2, -0.15) is 5.10 Å². The van der Waals surface area contributed by atoms with E-state index in [-0.39, 0.29) is 5.54 Å². The van der Waals surface area contributed by atoms with E-state index in [1.165, 1.54) is 5.56 Å². The van der Waals surface area contributed by atoms with Crippen molar-refractivity contribution in [2.75, 3.05) is 0 Å². The minimum absolute atomic E-state index is 0.354. The van der Waals surface area contributed by atoms with Crippen LogP contribution in [0, 0.1) is 13.8 Å². The van der Waals surface area contributed by atoms with Crippen LogP contribution in [0.5, 0.6) is 0 Å². The lowest BCUT2D eigenvalue weighted by Crippen LogP contribution is -2.29. The molecule has 0 saturated heterocycles. The average molecular weight is 229 g/mol. The number of hydrogen-bond acceptors (Lipinski definition) is 2. The van der Waals surface area contributed by atoms with Gasteiger partial charge in [-0.25, -0.2) is 4.68 Å². The lowest BCUT2D eigenvalue weighted by atomic mass is 9.97. The van der Waals surface area contributed by atoms with Gasteiger partial charge in [0.25, 0.3) is 0 Å². The summed E-state index contributed by atoms with van der Waals surface area (Å²) in [6, 6.07) is 8.32. The summed E-state index contributed by atoms with van der Waals surface area (Å²) in [6.07, 6.45) is 1.86. The van der Waals surface area contributed by atoms with E-state index in [1.807, 2.05) is 24.7 Å². The Kier molecular flexibility index (Phi) is 2.79. The molecular formula is C14H19N3. The standard InChI is InChI=1S/C14H19N3/c1-10-5-7-12(8-6-10)17-11(2)13(9-16-17)14(3,4)15/h5-9H,15H2,1-4H3. The average Bonchev–Trinajstić information content (AvgIpc) is 2.61. The molecule has 0 aliphatic rings. The summed E-state index contributed by atoms with van der Waals surface area (Å²) in [6.45, 7) is 8.12. The maximum atomic E-state index is 6.12. The Bertz CT molecular complexity index is 515. The van der Waals surface area contributed by atoms with Gasteiger partial charge in [-0.05, 0) is 39.8 Å². The molecule has 90 valence electrons. The zero-order valence-corrected chi connectivity index (χ0v) is 10.9. The highest BCUT2D eigenvalue weighted by molar-refractivity contribution is 5.38. The van der Waals surface area contributed by atoms with Gasteiger partial charge in [0, 0.05) is 16.8 Å². The number of aryl methyl sites for hydroxylation is 1. The third kappa shape index (κ3) is 2.24. The third-order valence-corrected chi connectivity index (χ3v) is 2.98. The summed E-state index contributed by atoms with van der Waals surface area (Å²) in [4.78, 5) is 0. The fourth-order valence-electron chi connectivity index (χ4n) is 1.99. The topological polar surface area (TPSA) is 43.8 Å². The Morgan fingerprint density at radius 1 is 1.12 bits per heavy atom. The molecule has 2 aromatic rings. The van der Waals surface area contributed by atoms with E-state index in [2.05, 4.69) is 43.2 Å². The maximum Gasteiger partial charge on any atom is 0.0648 e. The molecule has 1 aromatic carbocycles. The fourth-order valence-corrected chi connectivity index (χ4v) is 1.99. The van der Waals surface area contributed by atoms with Crippen molar-refractivity contribution in [1.82, 2.24) is 9.78 Å². The Morgan fingerprint density at radius 3 is 2.18 bits per heavy atom. The second kappa shape index (κ2) is 4.00. The first kappa shape index (κ1) is 11.9. The Hall–Kier alpha value is -1.61. The Labute approximate surface area is 102 Å². The molecule has 2 N–H and O–H groups in total. The molecule has 0 radical (unpaired) electrons. The summed E-state index contributed by atoms with van der Waals surface area (Å²) in [5.74, 6) is 0. The quantitative estimate of drug-likeness (QED) is 0.860. The maximum absolute atomic E-state index is 6.12. The van der Waals surface area contributed by atoms with E-state index in [4.69, 9.17) is 5.73 Å². The van der Waals surface area contributed by atoms with E-state index in [0.717, 1.165) is 16.9 Å². The van der Waals surface area contributed by atoms with Gasteiger partial charge in [-0.3, -0.25) is 0 Å². The zero-order valence-electron chi connectivity index (χ0n) is 10.9. The van der Waals surface area contributed by atoms with Gasteiger partial charge < -0.3 is 5.73 Å². The van der Waals surface area contributed by atoms with Crippen molar-refractivity contribution in [3.63, 3.8) is 0 Å². The molecule has 0 saturated carbocycles. The monoisotopic (exact) mass is 229 g/mol. The predicted octanol–water partition coefficient (Wildman–Crippen LogP) is 2.68. The first-order chi connectivity index (χ1) is 7.89. The van der Waals surface area contributed by atoms with Crippen molar-refractivity contribution in [3.8, 4) is 5.69 Å². The van der Waals surface area contributed by atoms with Crippen LogP contribution in [0.25, 0.3) is 5.69 Å².